The van der Waals surface area contributed by atoms with Crippen LogP contribution in [-0.2, 0) is 4.74 Å². The van der Waals surface area contributed by atoms with Gasteiger partial charge in [0.25, 0.3) is 0 Å². The highest BCUT2D eigenvalue weighted by Gasteiger charge is 2.24. The van der Waals surface area contributed by atoms with Gasteiger partial charge in [0.05, 0.1) is 6.10 Å². The average Bonchev–Trinajstić information content (AvgIpc) is 2.20. The Balaban J connectivity index is 2.01. The molecule has 0 aliphatic heterocycles. The average molecular weight is 255 g/mol. The fraction of sp³-hybridized carbons (Fsp3) is 1.00. The quantitative estimate of drug-likeness (QED) is 0.724. The van der Waals surface area contributed by atoms with Gasteiger partial charge in [-0.25, -0.2) is 0 Å². The van der Waals surface area contributed by atoms with Crippen molar-refractivity contribution < 1.29 is 4.74 Å². The number of ether oxygens (including phenoxy) is 1. The summed E-state index contributed by atoms with van der Waals surface area (Å²) in [6, 6.07) is 0. The Morgan fingerprint density at radius 1 is 1.00 bits per heavy atom. The molecular formula is C16H33NO. The van der Waals surface area contributed by atoms with Crippen molar-refractivity contribution in [1.29, 1.82) is 0 Å². The summed E-state index contributed by atoms with van der Waals surface area (Å²) in [6.45, 7) is 13.4. The molecule has 0 amide bonds. The Morgan fingerprint density at radius 2 is 1.61 bits per heavy atom. The first kappa shape index (κ1) is 16.0. The van der Waals surface area contributed by atoms with Crippen LogP contribution in [-0.4, -0.2) is 24.8 Å². The fourth-order valence-electron chi connectivity index (χ4n) is 2.95. The molecule has 0 aromatic carbocycles. The third kappa shape index (κ3) is 7.38. The molecule has 2 atom stereocenters. The van der Waals surface area contributed by atoms with E-state index < -0.39 is 0 Å². The maximum Gasteiger partial charge on any atom is 0.0580 e. The topological polar surface area (TPSA) is 21.3 Å². The second kappa shape index (κ2) is 7.49. The lowest BCUT2D eigenvalue weighted by molar-refractivity contribution is -0.000524. The summed E-state index contributed by atoms with van der Waals surface area (Å²) in [5.41, 5.74) is 0.245. The van der Waals surface area contributed by atoms with Crippen LogP contribution in [0, 0.1) is 11.8 Å². The van der Waals surface area contributed by atoms with Crippen LogP contribution in [0.1, 0.15) is 66.7 Å². The first-order chi connectivity index (χ1) is 8.37. The smallest absolute Gasteiger partial charge is 0.0580 e. The molecule has 1 saturated carbocycles. The van der Waals surface area contributed by atoms with Gasteiger partial charge in [0.15, 0.2) is 0 Å². The van der Waals surface area contributed by atoms with Gasteiger partial charge in [0.2, 0.25) is 0 Å². The summed E-state index contributed by atoms with van der Waals surface area (Å²) in [7, 11) is 0. The maximum absolute atomic E-state index is 6.03. The van der Waals surface area contributed by atoms with E-state index in [4.69, 9.17) is 4.74 Å². The number of rotatable bonds is 6. The summed E-state index contributed by atoms with van der Waals surface area (Å²) in [5, 5.41) is 3.52. The Labute approximate surface area is 114 Å². The Kier molecular flexibility index (Phi) is 6.65. The first-order valence-corrected chi connectivity index (χ1v) is 7.73. The second-order valence-electron chi connectivity index (χ2n) is 7.29. The van der Waals surface area contributed by atoms with E-state index in [0.29, 0.717) is 6.10 Å². The zero-order chi connectivity index (χ0) is 13.6. The normalized spacial score (nSPS) is 29.5. The van der Waals surface area contributed by atoms with Gasteiger partial charge in [-0.1, -0.05) is 13.8 Å². The Bertz CT molecular complexity index is 212. The maximum atomic E-state index is 6.03. The fourth-order valence-corrected chi connectivity index (χ4v) is 2.95. The predicted octanol–water partition coefficient (Wildman–Crippen LogP) is 4.00. The van der Waals surface area contributed by atoms with E-state index in [2.05, 4.69) is 39.9 Å². The van der Waals surface area contributed by atoms with E-state index in [1.54, 1.807) is 0 Å². The molecule has 0 heterocycles. The number of nitrogens with one attached hydrogen (secondary N) is 1. The highest BCUT2D eigenvalue weighted by atomic mass is 16.5. The SMILES string of the molecule is CC1CC(C)CC(OCCCCNC(C)(C)C)C1. The molecule has 108 valence electrons. The Morgan fingerprint density at radius 3 is 2.17 bits per heavy atom. The summed E-state index contributed by atoms with van der Waals surface area (Å²) >= 11 is 0. The lowest BCUT2D eigenvalue weighted by atomic mass is 9.82. The second-order valence-corrected chi connectivity index (χ2v) is 7.29. The van der Waals surface area contributed by atoms with Crippen molar-refractivity contribution in [2.45, 2.75) is 78.4 Å². The van der Waals surface area contributed by atoms with Gasteiger partial charge in [-0.2, -0.15) is 0 Å². The van der Waals surface area contributed by atoms with Crippen LogP contribution in [0.4, 0.5) is 0 Å². The van der Waals surface area contributed by atoms with E-state index in [9.17, 15) is 0 Å². The molecule has 1 aliphatic rings. The molecular weight excluding hydrogens is 222 g/mol. The molecule has 0 radical (unpaired) electrons. The molecule has 2 nitrogen and oxygen atoms in total. The minimum atomic E-state index is 0.245. The molecule has 0 bridgehead atoms. The van der Waals surface area contributed by atoms with Gasteiger partial charge in [-0.3, -0.25) is 0 Å². The molecule has 0 aromatic heterocycles. The molecule has 1 aliphatic carbocycles. The molecule has 1 rings (SSSR count). The molecule has 18 heavy (non-hydrogen) atoms. The lowest BCUT2D eigenvalue weighted by Crippen LogP contribution is -2.36. The van der Waals surface area contributed by atoms with E-state index in [1.807, 2.05) is 0 Å². The standard InChI is InChI=1S/C16H33NO/c1-13-10-14(2)12-15(11-13)18-9-7-6-8-17-16(3,4)5/h13-15,17H,6-12H2,1-5H3. The highest BCUT2D eigenvalue weighted by molar-refractivity contribution is 4.75. The minimum Gasteiger partial charge on any atom is -0.378 e. The summed E-state index contributed by atoms with van der Waals surface area (Å²) < 4.78 is 6.03. The largest absolute Gasteiger partial charge is 0.378 e. The summed E-state index contributed by atoms with van der Waals surface area (Å²) in [4.78, 5) is 0. The van der Waals surface area contributed by atoms with Crippen molar-refractivity contribution in [2.24, 2.45) is 11.8 Å². The van der Waals surface area contributed by atoms with Crippen LogP contribution in [0.5, 0.6) is 0 Å². The molecule has 0 saturated heterocycles. The van der Waals surface area contributed by atoms with Gasteiger partial charge in [0, 0.05) is 12.1 Å². The van der Waals surface area contributed by atoms with Crippen molar-refractivity contribution in [3.63, 3.8) is 0 Å². The van der Waals surface area contributed by atoms with E-state index in [-0.39, 0.29) is 5.54 Å². The Hall–Kier alpha value is -0.0800. The lowest BCUT2D eigenvalue weighted by Gasteiger charge is -2.31. The van der Waals surface area contributed by atoms with Crippen molar-refractivity contribution in [2.75, 3.05) is 13.2 Å². The van der Waals surface area contributed by atoms with Crippen LogP contribution in [0.2, 0.25) is 0 Å². The highest BCUT2D eigenvalue weighted by Crippen LogP contribution is 2.30. The molecule has 1 N–H and O–H groups in total. The first-order valence-electron chi connectivity index (χ1n) is 7.73. The van der Waals surface area contributed by atoms with Gasteiger partial charge in [-0.05, 0) is 71.3 Å². The number of unbranched alkanes of at least 4 members (excludes halogenated alkanes) is 1. The van der Waals surface area contributed by atoms with Crippen molar-refractivity contribution in [1.82, 2.24) is 5.32 Å². The van der Waals surface area contributed by atoms with Crippen LogP contribution in [0.25, 0.3) is 0 Å². The third-order valence-electron chi connectivity index (χ3n) is 3.72. The minimum absolute atomic E-state index is 0.245. The van der Waals surface area contributed by atoms with Crippen molar-refractivity contribution in [3.05, 3.63) is 0 Å². The van der Waals surface area contributed by atoms with Gasteiger partial charge < -0.3 is 10.1 Å². The number of hydrogen-bond acceptors (Lipinski definition) is 2. The van der Waals surface area contributed by atoms with Crippen molar-refractivity contribution in [3.8, 4) is 0 Å². The van der Waals surface area contributed by atoms with E-state index in [0.717, 1.165) is 25.0 Å². The van der Waals surface area contributed by atoms with Crippen LogP contribution in [0.15, 0.2) is 0 Å². The van der Waals surface area contributed by atoms with Gasteiger partial charge >= 0.3 is 0 Å². The zero-order valence-corrected chi connectivity index (χ0v) is 13.1. The molecule has 1 fully saturated rings. The number of hydrogen-bond donors (Lipinski definition) is 1. The van der Waals surface area contributed by atoms with Crippen LogP contribution in [0.3, 0.4) is 0 Å². The van der Waals surface area contributed by atoms with Crippen LogP contribution >= 0.6 is 0 Å². The van der Waals surface area contributed by atoms with E-state index in [1.165, 1.54) is 32.1 Å². The third-order valence-corrected chi connectivity index (χ3v) is 3.72. The van der Waals surface area contributed by atoms with E-state index >= 15 is 0 Å². The molecule has 2 unspecified atom stereocenters. The van der Waals surface area contributed by atoms with Crippen LogP contribution < -0.4 is 5.32 Å². The predicted molar refractivity (Wildman–Crippen MR) is 78.9 cm³/mol. The molecule has 0 aromatic rings. The molecule has 2 heteroatoms. The van der Waals surface area contributed by atoms with Crippen molar-refractivity contribution >= 4 is 0 Å². The van der Waals surface area contributed by atoms with Gasteiger partial charge in [-0.15, -0.1) is 0 Å². The monoisotopic (exact) mass is 255 g/mol. The summed E-state index contributed by atoms with van der Waals surface area (Å²) in [6.07, 6.45) is 6.85. The molecule has 0 spiro atoms. The zero-order valence-electron chi connectivity index (χ0n) is 13.1. The van der Waals surface area contributed by atoms with Gasteiger partial charge in [0.1, 0.15) is 0 Å². The summed E-state index contributed by atoms with van der Waals surface area (Å²) in [5.74, 6) is 1.70.